The molecule has 0 spiro atoms. The molecular formula is C16H19NO5. The third kappa shape index (κ3) is 3.52. The van der Waals surface area contributed by atoms with Gasteiger partial charge in [-0.25, -0.2) is 0 Å². The van der Waals surface area contributed by atoms with Crippen molar-refractivity contribution in [3.8, 4) is 17.2 Å². The van der Waals surface area contributed by atoms with Crippen LogP contribution in [0.1, 0.15) is 16.1 Å². The van der Waals surface area contributed by atoms with Crippen molar-refractivity contribution in [2.75, 3.05) is 27.9 Å². The number of nitrogens with one attached hydrogen (secondary N) is 1. The normalized spacial score (nSPS) is 10.1. The number of furan rings is 1. The zero-order valence-electron chi connectivity index (χ0n) is 12.8. The molecule has 0 saturated carbocycles. The van der Waals surface area contributed by atoms with E-state index in [0.717, 1.165) is 5.56 Å². The summed E-state index contributed by atoms with van der Waals surface area (Å²) in [5.74, 6) is 1.79. The van der Waals surface area contributed by atoms with Gasteiger partial charge in [0.25, 0.3) is 5.91 Å². The van der Waals surface area contributed by atoms with E-state index in [1.54, 1.807) is 33.5 Å². The van der Waals surface area contributed by atoms with Gasteiger partial charge >= 0.3 is 0 Å². The molecule has 1 N–H and O–H groups in total. The number of rotatable bonds is 7. The van der Waals surface area contributed by atoms with Gasteiger partial charge in [0.1, 0.15) is 0 Å². The molecule has 2 aromatic rings. The summed E-state index contributed by atoms with van der Waals surface area (Å²) in [6.07, 6.45) is 2.09. The molecular weight excluding hydrogens is 286 g/mol. The number of carbonyl (C=O) groups is 1. The minimum Gasteiger partial charge on any atom is -0.493 e. The van der Waals surface area contributed by atoms with Crippen LogP contribution in [-0.4, -0.2) is 33.8 Å². The minimum atomic E-state index is -0.238. The number of ether oxygens (including phenoxy) is 3. The summed E-state index contributed by atoms with van der Waals surface area (Å²) in [6, 6.07) is 7.02. The molecule has 0 aliphatic rings. The van der Waals surface area contributed by atoms with Gasteiger partial charge in [0.2, 0.25) is 5.75 Å². The summed E-state index contributed by atoms with van der Waals surface area (Å²) in [4.78, 5) is 11.8. The van der Waals surface area contributed by atoms with Crippen LogP contribution in [0.4, 0.5) is 0 Å². The van der Waals surface area contributed by atoms with Crippen molar-refractivity contribution < 1.29 is 23.4 Å². The van der Waals surface area contributed by atoms with Gasteiger partial charge in [-0.3, -0.25) is 4.79 Å². The van der Waals surface area contributed by atoms with Crippen molar-refractivity contribution in [3.63, 3.8) is 0 Å². The van der Waals surface area contributed by atoms with Crippen LogP contribution in [0.25, 0.3) is 0 Å². The monoisotopic (exact) mass is 305 g/mol. The summed E-state index contributed by atoms with van der Waals surface area (Å²) in [5.41, 5.74) is 0.967. The fourth-order valence-corrected chi connectivity index (χ4v) is 2.09. The molecule has 22 heavy (non-hydrogen) atoms. The Morgan fingerprint density at radius 1 is 1.14 bits per heavy atom. The molecule has 6 heteroatoms. The van der Waals surface area contributed by atoms with Crippen LogP contribution in [0, 0.1) is 0 Å². The molecule has 1 heterocycles. The van der Waals surface area contributed by atoms with Gasteiger partial charge in [-0.15, -0.1) is 0 Å². The largest absolute Gasteiger partial charge is 0.493 e. The fraction of sp³-hybridized carbons (Fsp3) is 0.312. The first kappa shape index (κ1) is 15.8. The second-order valence-electron chi connectivity index (χ2n) is 4.52. The smallest absolute Gasteiger partial charge is 0.286 e. The Kier molecular flexibility index (Phi) is 5.30. The van der Waals surface area contributed by atoms with Gasteiger partial charge in [0.15, 0.2) is 17.3 Å². The average Bonchev–Trinajstić information content (AvgIpc) is 3.08. The van der Waals surface area contributed by atoms with Gasteiger partial charge in [0.05, 0.1) is 27.6 Å². The molecule has 0 aliphatic heterocycles. The van der Waals surface area contributed by atoms with Crippen LogP contribution >= 0.6 is 0 Å². The van der Waals surface area contributed by atoms with Crippen molar-refractivity contribution in [2.24, 2.45) is 0 Å². The van der Waals surface area contributed by atoms with Crippen LogP contribution in [0.5, 0.6) is 17.2 Å². The minimum absolute atomic E-state index is 0.238. The fourth-order valence-electron chi connectivity index (χ4n) is 2.09. The standard InChI is InChI=1S/C16H19NO5/c1-19-13-9-11(10-14(20-2)15(13)21-3)6-7-17-16(18)12-5-4-8-22-12/h4-5,8-10H,6-7H2,1-3H3,(H,17,18). The number of benzene rings is 1. The number of hydrogen-bond acceptors (Lipinski definition) is 5. The zero-order valence-corrected chi connectivity index (χ0v) is 12.8. The molecule has 0 bridgehead atoms. The van der Waals surface area contributed by atoms with Gasteiger partial charge in [0, 0.05) is 6.54 Å². The Bertz CT molecular complexity index is 596. The first-order valence-electron chi connectivity index (χ1n) is 6.80. The van der Waals surface area contributed by atoms with E-state index in [9.17, 15) is 4.79 Å². The molecule has 118 valence electrons. The molecule has 1 amide bonds. The maximum absolute atomic E-state index is 11.8. The number of methoxy groups -OCH3 is 3. The number of hydrogen-bond donors (Lipinski definition) is 1. The van der Waals surface area contributed by atoms with E-state index in [2.05, 4.69) is 5.32 Å². The van der Waals surface area contributed by atoms with Crippen LogP contribution in [0.3, 0.4) is 0 Å². The third-order valence-corrected chi connectivity index (χ3v) is 3.17. The average molecular weight is 305 g/mol. The molecule has 2 rings (SSSR count). The van der Waals surface area contributed by atoms with Crippen LogP contribution in [-0.2, 0) is 6.42 Å². The summed E-state index contributed by atoms with van der Waals surface area (Å²) in [5, 5.41) is 2.79. The van der Waals surface area contributed by atoms with Gasteiger partial charge < -0.3 is 23.9 Å². The van der Waals surface area contributed by atoms with Crippen molar-refractivity contribution >= 4 is 5.91 Å². The van der Waals surface area contributed by atoms with E-state index in [4.69, 9.17) is 18.6 Å². The maximum atomic E-state index is 11.8. The first-order chi connectivity index (χ1) is 10.7. The molecule has 0 aliphatic carbocycles. The van der Waals surface area contributed by atoms with E-state index < -0.39 is 0 Å². The van der Waals surface area contributed by atoms with Crippen molar-refractivity contribution in [1.82, 2.24) is 5.32 Å². The summed E-state index contributed by atoms with van der Waals surface area (Å²) in [6.45, 7) is 0.470. The molecule has 0 fully saturated rings. The van der Waals surface area contributed by atoms with Crippen molar-refractivity contribution in [2.45, 2.75) is 6.42 Å². The molecule has 0 unspecified atom stereocenters. The van der Waals surface area contributed by atoms with E-state index in [-0.39, 0.29) is 5.91 Å². The molecule has 1 aromatic heterocycles. The molecule has 6 nitrogen and oxygen atoms in total. The lowest BCUT2D eigenvalue weighted by molar-refractivity contribution is 0.0926. The highest BCUT2D eigenvalue weighted by Gasteiger charge is 2.13. The SMILES string of the molecule is COc1cc(CCNC(=O)c2ccco2)cc(OC)c1OC. The summed E-state index contributed by atoms with van der Waals surface area (Å²) in [7, 11) is 4.70. The zero-order chi connectivity index (χ0) is 15.9. The highest BCUT2D eigenvalue weighted by Crippen LogP contribution is 2.38. The lowest BCUT2D eigenvalue weighted by Gasteiger charge is -2.14. The second-order valence-corrected chi connectivity index (χ2v) is 4.52. The Hall–Kier alpha value is -2.63. The lowest BCUT2D eigenvalue weighted by Crippen LogP contribution is -2.25. The van der Waals surface area contributed by atoms with E-state index in [1.165, 1.54) is 6.26 Å². The van der Waals surface area contributed by atoms with Gasteiger partial charge in [-0.05, 0) is 36.2 Å². The summed E-state index contributed by atoms with van der Waals surface area (Å²) < 4.78 is 20.9. The number of amides is 1. The van der Waals surface area contributed by atoms with Crippen LogP contribution < -0.4 is 19.5 Å². The number of carbonyl (C=O) groups excluding carboxylic acids is 1. The third-order valence-electron chi connectivity index (χ3n) is 3.17. The van der Waals surface area contributed by atoms with E-state index in [0.29, 0.717) is 36.0 Å². The quantitative estimate of drug-likeness (QED) is 0.850. The Morgan fingerprint density at radius 2 is 1.82 bits per heavy atom. The van der Waals surface area contributed by atoms with Gasteiger partial charge in [-0.2, -0.15) is 0 Å². The highest BCUT2D eigenvalue weighted by molar-refractivity contribution is 5.91. The molecule has 0 radical (unpaired) electrons. The Labute approximate surface area is 129 Å². The predicted octanol–water partition coefficient (Wildman–Crippen LogP) is 2.28. The maximum Gasteiger partial charge on any atom is 0.286 e. The van der Waals surface area contributed by atoms with Crippen molar-refractivity contribution in [1.29, 1.82) is 0 Å². The summed E-state index contributed by atoms with van der Waals surface area (Å²) >= 11 is 0. The van der Waals surface area contributed by atoms with Gasteiger partial charge in [-0.1, -0.05) is 0 Å². The lowest BCUT2D eigenvalue weighted by atomic mass is 10.1. The van der Waals surface area contributed by atoms with Crippen LogP contribution in [0.2, 0.25) is 0 Å². The van der Waals surface area contributed by atoms with E-state index in [1.807, 2.05) is 12.1 Å². The topological polar surface area (TPSA) is 69.9 Å². The Balaban J connectivity index is 2.02. The highest BCUT2D eigenvalue weighted by atomic mass is 16.5. The molecule has 0 saturated heterocycles. The predicted molar refractivity (Wildman–Crippen MR) is 80.8 cm³/mol. The van der Waals surface area contributed by atoms with E-state index >= 15 is 0 Å². The molecule has 0 atom stereocenters. The second kappa shape index (κ2) is 7.40. The first-order valence-corrected chi connectivity index (χ1v) is 6.80. The molecule has 1 aromatic carbocycles. The van der Waals surface area contributed by atoms with Crippen molar-refractivity contribution in [3.05, 3.63) is 41.9 Å². The Morgan fingerprint density at radius 3 is 2.32 bits per heavy atom. The van der Waals surface area contributed by atoms with Crippen LogP contribution in [0.15, 0.2) is 34.9 Å².